The van der Waals surface area contributed by atoms with Gasteiger partial charge in [-0.25, -0.2) is 4.79 Å². The van der Waals surface area contributed by atoms with E-state index in [1.165, 1.54) is 6.07 Å². The summed E-state index contributed by atoms with van der Waals surface area (Å²) in [7, 11) is 0. The summed E-state index contributed by atoms with van der Waals surface area (Å²) in [5, 5.41) is 20.8. The maximum atomic E-state index is 11.0. The van der Waals surface area contributed by atoms with Gasteiger partial charge in [0, 0.05) is 6.07 Å². The highest BCUT2D eigenvalue weighted by molar-refractivity contribution is 5.85. The Morgan fingerprint density at radius 3 is 2.76 bits per heavy atom. The molecule has 0 aliphatic heterocycles. The molecule has 0 amide bonds. The van der Waals surface area contributed by atoms with Crippen molar-refractivity contribution in [2.75, 3.05) is 24.3 Å². The van der Waals surface area contributed by atoms with Crippen molar-refractivity contribution in [3.05, 3.63) is 22.7 Å². The van der Waals surface area contributed by atoms with E-state index in [9.17, 15) is 4.79 Å². The number of oxazole rings is 1. The third kappa shape index (κ3) is 2.24. The Labute approximate surface area is 95.9 Å². The standard InChI is InChI=1S/C10H13N3O4/c11-6-1-9-8(13-10(16)17-9)2-7(6)12-5(3-14)4-15/h1-2,5,12,14-15H,3-4,11H2,(H,13,16). The minimum atomic E-state index is -0.558. The van der Waals surface area contributed by atoms with Gasteiger partial charge in [0.25, 0.3) is 0 Å². The molecule has 0 spiro atoms. The first-order valence-electron chi connectivity index (χ1n) is 5.04. The number of aliphatic hydroxyl groups excluding tert-OH is 2. The molecule has 0 bridgehead atoms. The molecule has 2 rings (SSSR count). The van der Waals surface area contributed by atoms with E-state index in [1.807, 2.05) is 0 Å². The Bertz CT molecular complexity index is 570. The van der Waals surface area contributed by atoms with E-state index in [1.54, 1.807) is 6.07 Å². The molecule has 2 aromatic rings. The number of nitrogens with two attached hydrogens (primary N) is 1. The maximum Gasteiger partial charge on any atom is 0.417 e. The molecule has 0 radical (unpaired) electrons. The van der Waals surface area contributed by atoms with Gasteiger partial charge in [-0.3, -0.25) is 4.98 Å². The number of hydrogen-bond acceptors (Lipinski definition) is 6. The highest BCUT2D eigenvalue weighted by atomic mass is 16.4. The average molecular weight is 239 g/mol. The van der Waals surface area contributed by atoms with Crippen molar-refractivity contribution < 1.29 is 14.6 Å². The molecule has 1 heterocycles. The number of nitrogen functional groups attached to an aromatic ring is 1. The molecule has 0 unspecified atom stereocenters. The summed E-state index contributed by atoms with van der Waals surface area (Å²) in [4.78, 5) is 13.5. The Hall–Kier alpha value is -1.99. The van der Waals surface area contributed by atoms with Crippen molar-refractivity contribution in [1.82, 2.24) is 4.98 Å². The summed E-state index contributed by atoms with van der Waals surface area (Å²) in [6, 6.07) is 2.59. The van der Waals surface area contributed by atoms with Gasteiger partial charge in [0.2, 0.25) is 0 Å². The zero-order valence-corrected chi connectivity index (χ0v) is 8.93. The van der Waals surface area contributed by atoms with Crippen LogP contribution in [0.15, 0.2) is 21.3 Å². The fourth-order valence-corrected chi connectivity index (χ4v) is 1.51. The molecule has 7 nitrogen and oxygen atoms in total. The summed E-state index contributed by atoms with van der Waals surface area (Å²) < 4.78 is 4.84. The van der Waals surface area contributed by atoms with Crippen molar-refractivity contribution >= 4 is 22.5 Å². The summed E-state index contributed by atoms with van der Waals surface area (Å²) in [6.07, 6.45) is 0. The SMILES string of the molecule is Nc1cc2oc(=O)[nH]c2cc1NC(CO)CO. The Morgan fingerprint density at radius 2 is 2.12 bits per heavy atom. The highest BCUT2D eigenvalue weighted by Crippen LogP contribution is 2.24. The van der Waals surface area contributed by atoms with Crippen LogP contribution in [0, 0.1) is 0 Å². The van der Waals surface area contributed by atoms with Gasteiger partial charge in [0.05, 0.1) is 36.1 Å². The van der Waals surface area contributed by atoms with Gasteiger partial charge in [-0.1, -0.05) is 0 Å². The normalized spacial score (nSPS) is 11.2. The van der Waals surface area contributed by atoms with Gasteiger partial charge in [-0.2, -0.15) is 0 Å². The minimum Gasteiger partial charge on any atom is -0.408 e. The molecule has 0 fully saturated rings. The number of rotatable bonds is 4. The van der Waals surface area contributed by atoms with Gasteiger partial charge in [-0.15, -0.1) is 0 Å². The number of anilines is 2. The van der Waals surface area contributed by atoms with Crippen LogP contribution in [-0.4, -0.2) is 34.5 Å². The van der Waals surface area contributed by atoms with Crippen LogP contribution >= 0.6 is 0 Å². The first-order chi connectivity index (χ1) is 8.13. The third-order valence-electron chi connectivity index (χ3n) is 2.39. The topological polar surface area (TPSA) is 125 Å². The molecule has 0 saturated carbocycles. The van der Waals surface area contributed by atoms with E-state index in [2.05, 4.69) is 10.3 Å². The van der Waals surface area contributed by atoms with E-state index in [-0.39, 0.29) is 13.2 Å². The zero-order chi connectivity index (χ0) is 12.4. The van der Waals surface area contributed by atoms with E-state index < -0.39 is 11.8 Å². The van der Waals surface area contributed by atoms with Crippen LogP contribution < -0.4 is 16.8 Å². The molecule has 0 aliphatic carbocycles. The molecule has 1 aromatic heterocycles. The third-order valence-corrected chi connectivity index (χ3v) is 2.39. The van der Waals surface area contributed by atoms with Crippen molar-refractivity contribution in [1.29, 1.82) is 0 Å². The van der Waals surface area contributed by atoms with Gasteiger partial charge < -0.3 is 25.7 Å². The predicted octanol–water partition coefficient (Wildman–Crippen LogP) is -0.532. The number of hydrogen-bond donors (Lipinski definition) is 5. The molecule has 17 heavy (non-hydrogen) atoms. The summed E-state index contributed by atoms with van der Waals surface area (Å²) in [6.45, 7) is -0.453. The lowest BCUT2D eigenvalue weighted by Gasteiger charge is -2.16. The highest BCUT2D eigenvalue weighted by Gasteiger charge is 2.10. The zero-order valence-electron chi connectivity index (χ0n) is 8.93. The lowest BCUT2D eigenvalue weighted by molar-refractivity contribution is 0.204. The molecule has 1 aromatic carbocycles. The van der Waals surface area contributed by atoms with Crippen LogP contribution in [0.4, 0.5) is 11.4 Å². The van der Waals surface area contributed by atoms with Gasteiger partial charge in [-0.05, 0) is 6.07 Å². The quantitative estimate of drug-likeness (QED) is 0.457. The van der Waals surface area contributed by atoms with Crippen molar-refractivity contribution in [3.63, 3.8) is 0 Å². The number of aliphatic hydroxyl groups is 2. The van der Waals surface area contributed by atoms with Gasteiger partial charge >= 0.3 is 5.76 Å². The van der Waals surface area contributed by atoms with Crippen LogP contribution in [0.5, 0.6) is 0 Å². The first kappa shape index (κ1) is 11.5. The number of nitrogens with one attached hydrogen (secondary N) is 2. The van der Waals surface area contributed by atoms with Gasteiger partial charge in [0.1, 0.15) is 0 Å². The van der Waals surface area contributed by atoms with E-state index >= 15 is 0 Å². The molecule has 0 atom stereocenters. The lowest BCUT2D eigenvalue weighted by atomic mass is 10.2. The van der Waals surface area contributed by atoms with Crippen LogP contribution in [0.25, 0.3) is 11.1 Å². The monoisotopic (exact) mass is 239 g/mol. The van der Waals surface area contributed by atoms with Crippen molar-refractivity contribution in [2.45, 2.75) is 6.04 Å². The van der Waals surface area contributed by atoms with Crippen LogP contribution in [-0.2, 0) is 0 Å². The second-order valence-electron chi connectivity index (χ2n) is 3.66. The number of aromatic amines is 1. The molecular formula is C10H13N3O4. The Balaban J connectivity index is 2.39. The number of aromatic nitrogens is 1. The molecule has 0 saturated heterocycles. The van der Waals surface area contributed by atoms with Crippen LogP contribution in [0.3, 0.4) is 0 Å². The average Bonchev–Trinajstić information content (AvgIpc) is 2.65. The summed E-state index contributed by atoms with van der Waals surface area (Å²) >= 11 is 0. The number of H-pyrrole nitrogens is 1. The largest absolute Gasteiger partial charge is 0.417 e. The smallest absolute Gasteiger partial charge is 0.408 e. The second-order valence-corrected chi connectivity index (χ2v) is 3.66. The fourth-order valence-electron chi connectivity index (χ4n) is 1.51. The summed E-state index contributed by atoms with van der Waals surface area (Å²) in [5.74, 6) is -0.558. The van der Waals surface area contributed by atoms with Crippen molar-refractivity contribution in [3.8, 4) is 0 Å². The van der Waals surface area contributed by atoms with E-state index in [0.717, 1.165) is 0 Å². The maximum absolute atomic E-state index is 11.0. The molecule has 6 N–H and O–H groups in total. The van der Waals surface area contributed by atoms with E-state index in [0.29, 0.717) is 22.5 Å². The molecule has 92 valence electrons. The van der Waals surface area contributed by atoms with Crippen LogP contribution in [0.1, 0.15) is 0 Å². The summed E-state index contributed by atoms with van der Waals surface area (Å²) in [5.41, 5.74) is 7.50. The van der Waals surface area contributed by atoms with Crippen LogP contribution in [0.2, 0.25) is 0 Å². The van der Waals surface area contributed by atoms with E-state index in [4.69, 9.17) is 20.4 Å². The number of benzene rings is 1. The Morgan fingerprint density at radius 1 is 1.41 bits per heavy atom. The van der Waals surface area contributed by atoms with Gasteiger partial charge in [0.15, 0.2) is 5.58 Å². The first-order valence-corrected chi connectivity index (χ1v) is 5.04. The lowest BCUT2D eigenvalue weighted by Crippen LogP contribution is -2.28. The second kappa shape index (κ2) is 4.48. The molecular weight excluding hydrogens is 226 g/mol. The molecule has 0 aliphatic rings. The molecule has 7 heteroatoms. The fraction of sp³-hybridized carbons (Fsp3) is 0.300. The van der Waals surface area contributed by atoms with Crippen molar-refractivity contribution in [2.24, 2.45) is 0 Å². The minimum absolute atomic E-state index is 0.226. The number of fused-ring (bicyclic) bond motifs is 1. The predicted molar refractivity (Wildman–Crippen MR) is 62.8 cm³/mol. The Kier molecular flexibility index (Phi) is 3.03.